The number of halogens is 2. The maximum absolute atomic E-state index is 13.4. The Labute approximate surface area is 185 Å². The van der Waals surface area contributed by atoms with Crippen molar-refractivity contribution in [1.82, 2.24) is 15.1 Å². The monoisotopic (exact) mass is 504 g/mol. The molecule has 1 atom stereocenters. The van der Waals surface area contributed by atoms with Crippen molar-refractivity contribution in [3.63, 3.8) is 0 Å². The topological polar surface area (TPSA) is 40.1 Å². The van der Waals surface area contributed by atoms with E-state index in [4.69, 9.17) is 4.74 Å². The minimum absolute atomic E-state index is 0. The first-order chi connectivity index (χ1) is 12.8. The molecule has 2 heterocycles. The number of nitrogens with zero attached hydrogens (tertiary/aromatic N) is 3. The standard InChI is InChI=1S/C21H33FN4O.HI/c1-20(2)15-26(21(20,3)4)19(23-5)24-14-18(25-10-12-27-13-11-25)16-6-8-17(22)9-7-16;/h6-9,18H,10-15H2,1-5H3,(H,23,24);1H. The third kappa shape index (κ3) is 4.62. The highest BCUT2D eigenvalue weighted by Gasteiger charge is 2.53. The maximum Gasteiger partial charge on any atom is 0.194 e. The van der Waals surface area contributed by atoms with Gasteiger partial charge in [0, 0.05) is 44.2 Å². The van der Waals surface area contributed by atoms with Gasteiger partial charge in [0.2, 0.25) is 0 Å². The maximum atomic E-state index is 13.4. The fourth-order valence-electron chi connectivity index (χ4n) is 3.92. The molecule has 0 aliphatic carbocycles. The van der Waals surface area contributed by atoms with Gasteiger partial charge < -0.3 is 15.0 Å². The number of hydrogen-bond donors (Lipinski definition) is 1. The summed E-state index contributed by atoms with van der Waals surface area (Å²) >= 11 is 0. The minimum Gasteiger partial charge on any atom is -0.379 e. The highest BCUT2D eigenvalue weighted by Crippen LogP contribution is 2.46. The molecule has 1 aromatic carbocycles. The second-order valence-corrected chi connectivity index (χ2v) is 8.67. The molecule has 7 heteroatoms. The summed E-state index contributed by atoms with van der Waals surface area (Å²) in [5.41, 5.74) is 1.43. The van der Waals surface area contributed by atoms with Crippen LogP contribution in [0.2, 0.25) is 0 Å². The Hall–Kier alpha value is -0.930. The number of morpholine rings is 1. The summed E-state index contributed by atoms with van der Waals surface area (Å²) in [6.45, 7) is 14.1. The molecule has 0 saturated carbocycles. The average molecular weight is 504 g/mol. The highest BCUT2D eigenvalue weighted by molar-refractivity contribution is 14.0. The van der Waals surface area contributed by atoms with Gasteiger partial charge in [-0.2, -0.15) is 0 Å². The van der Waals surface area contributed by atoms with Crippen LogP contribution in [-0.4, -0.2) is 67.7 Å². The molecule has 2 aliphatic rings. The molecule has 0 bridgehead atoms. The Morgan fingerprint density at radius 3 is 2.29 bits per heavy atom. The van der Waals surface area contributed by atoms with Crippen LogP contribution < -0.4 is 5.32 Å². The summed E-state index contributed by atoms with van der Waals surface area (Å²) in [5, 5.41) is 3.57. The van der Waals surface area contributed by atoms with Crippen LogP contribution in [0.15, 0.2) is 29.3 Å². The molecule has 1 aromatic rings. The summed E-state index contributed by atoms with van der Waals surface area (Å²) in [6.07, 6.45) is 0. The summed E-state index contributed by atoms with van der Waals surface area (Å²) < 4.78 is 18.9. The molecule has 158 valence electrons. The number of guanidine groups is 1. The quantitative estimate of drug-likeness (QED) is 0.387. The van der Waals surface area contributed by atoms with Crippen LogP contribution in [0.25, 0.3) is 0 Å². The largest absolute Gasteiger partial charge is 0.379 e. The predicted octanol–water partition coefficient (Wildman–Crippen LogP) is 3.51. The zero-order chi connectivity index (χ0) is 19.7. The first-order valence-corrected chi connectivity index (χ1v) is 9.82. The van der Waals surface area contributed by atoms with E-state index < -0.39 is 0 Å². The van der Waals surface area contributed by atoms with E-state index in [0.29, 0.717) is 0 Å². The van der Waals surface area contributed by atoms with Crippen molar-refractivity contribution in [2.45, 2.75) is 39.3 Å². The van der Waals surface area contributed by atoms with Crippen molar-refractivity contribution < 1.29 is 9.13 Å². The Bertz CT molecular complexity index is 671. The normalized spacial score (nSPS) is 22.8. The molecule has 2 aliphatic heterocycles. The van der Waals surface area contributed by atoms with Crippen LogP contribution in [0, 0.1) is 11.2 Å². The second kappa shape index (κ2) is 9.26. The number of rotatable bonds is 4. The number of hydrogen-bond acceptors (Lipinski definition) is 3. The molecule has 0 amide bonds. The number of aliphatic imine (C=N–C) groups is 1. The number of likely N-dealkylation sites (tertiary alicyclic amines) is 1. The average Bonchev–Trinajstić information content (AvgIpc) is 2.66. The molecule has 2 saturated heterocycles. The van der Waals surface area contributed by atoms with E-state index >= 15 is 0 Å². The van der Waals surface area contributed by atoms with E-state index in [9.17, 15) is 4.39 Å². The van der Waals surface area contributed by atoms with Gasteiger partial charge in [0.25, 0.3) is 0 Å². The lowest BCUT2D eigenvalue weighted by molar-refractivity contribution is -0.0670. The fraction of sp³-hybridized carbons (Fsp3) is 0.667. The zero-order valence-corrected chi connectivity index (χ0v) is 20.0. The molecular formula is C21H34FIN4O. The van der Waals surface area contributed by atoms with Crippen molar-refractivity contribution in [2.75, 3.05) is 46.4 Å². The SMILES string of the molecule is CN=C(NCC(c1ccc(F)cc1)N1CCOCC1)N1CC(C)(C)C1(C)C.I. The van der Waals surface area contributed by atoms with Gasteiger partial charge >= 0.3 is 0 Å². The van der Waals surface area contributed by atoms with Crippen LogP contribution in [0.3, 0.4) is 0 Å². The lowest BCUT2D eigenvalue weighted by Crippen LogP contribution is -2.72. The first-order valence-electron chi connectivity index (χ1n) is 9.82. The van der Waals surface area contributed by atoms with Gasteiger partial charge in [-0.05, 0) is 31.5 Å². The molecule has 5 nitrogen and oxygen atoms in total. The summed E-state index contributed by atoms with van der Waals surface area (Å²) in [5.74, 6) is 0.729. The molecule has 28 heavy (non-hydrogen) atoms. The van der Waals surface area contributed by atoms with E-state index in [1.165, 1.54) is 0 Å². The smallest absolute Gasteiger partial charge is 0.194 e. The van der Waals surface area contributed by atoms with Crippen molar-refractivity contribution in [3.05, 3.63) is 35.6 Å². The van der Waals surface area contributed by atoms with E-state index in [1.54, 1.807) is 12.1 Å². The third-order valence-corrected chi connectivity index (χ3v) is 6.55. The Kier molecular flexibility index (Phi) is 7.72. The molecule has 1 unspecified atom stereocenters. The van der Waals surface area contributed by atoms with Crippen LogP contribution in [0.4, 0.5) is 4.39 Å². The van der Waals surface area contributed by atoms with Crippen LogP contribution in [-0.2, 0) is 4.74 Å². The molecule has 0 spiro atoms. The molecule has 0 aromatic heterocycles. The lowest BCUT2D eigenvalue weighted by Gasteiger charge is -2.62. The zero-order valence-electron chi connectivity index (χ0n) is 17.7. The van der Waals surface area contributed by atoms with Gasteiger partial charge in [-0.25, -0.2) is 4.39 Å². The number of nitrogens with one attached hydrogen (secondary N) is 1. The lowest BCUT2D eigenvalue weighted by atomic mass is 9.65. The molecular weight excluding hydrogens is 470 g/mol. The Morgan fingerprint density at radius 1 is 1.18 bits per heavy atom. The number of ether oxygens (including phenoxy) is 1. The predicted molar refractivity (Wildman–Crippen MR) is 123 cm³/mol. The fourth-order valence-corrected chi connectivity index (χ4v) is 3.92. The van der Waals surface area contributed by atoms with Crippen molar-refractivity contribution >= 4 is 29.9 Å². The molecule has 3 rings (SSSR count). The summed E-state index contributed by atoms with van der Waals surface area (Å²) in [6, 6.07) is 7.01. The summed E-state index contributed by atoms with van der Waals surface area (Å²) in [7, 11) is 1.84. The summed E-state index contributed by atoms with van der Waals surface area (Å²) in [4.78, 5) is 9.27. The number of benzene rings is 1. The van der Waals surface area contributed by atoms with Gasteiger partial charge in [-0.1, -0.05) is 26.0 Å². The van der Waals surface area contributed by atoms with Crippen LogP contribution >= 0.6 is 24.0 Å². The Morgan fingerprint density at radius 2 is 1.79 bits per heavy atom. The minimum atomic E-state index is -0.201. The Balaban J connectivity index is 0.00000280. The molecule has 2 fully saturated rings. The highest BCUT2D eigenvalue weighted by atomic mass is 127. The van der Waals surface area contributed by atoms with Gasteiger partial charge in [-0.3, -0.25) is 9.89 Å². The van der Waals surface area contributed by atoms with Gasteiger partial charge in [0.1, 0.15) is 5.82 Å². The van der Waals surface area contributed by atoms with Gasteiger partial charge in [0.05, 0.1) is 19.3 Å². The van der Waals surface area contributed by atoms with Gasteiger partial charge in [0.15, 0.2) is 5.96 Å². The van der Waals surface area contributed by atoms with Crippen LogP contribution in [0.5, 0.6) is 0 Å². The molecule has 0 radical (unpaired) electrons. The van der Waals surface area contributed by atoms with Crippen molar-refractivity contribution in [3.8, 4) is 0 Å². The van der Waals surface area contributed by atoms with E-state index in [-0.39, 0.29) is 46.8 Å². The second-order valence-electron chi connectivity index (χ2n) is 8.67. The van der Waals surface area contributed by atoms with Crippen LogP contribution in [0.1, 0.15) is 39.3 Å². The first kappa shape index (κ1) is 23.3. The van der Waals surface area contributed by atoms with E-state index in [0.717, 1.165) is 50.9 Å². The van der Waals surface area contributed by atoms with Crippen molar-refractivity contribution in [2.24, 2.45) is 10.4 Å². The molecule has 1 N–H and O–H groups in total. The third-order valence-electron chi connectivity index (χ3n) is 6.55. The van der Waals surface area contributed by atoms with Crippen molar-refractivity contribution in [1.29, 1.82) is 0 Å². The van der Waals surface area contributed by atoms with E-state index in [1.807, 2.05) is 19.2 Å². The van der Waals surface area contributed by atoms with E-state index in [2.05, 4.69) is 47.8 Å². The van der Waals surface area contributed by atoms with Gasteiger partial charge in [-0.15, -0.1) is 24.0 Å².